The predicted molar refractivity (Wildman–Crippen MR) is 75.8 cm³/mol. The molecule has 0 atom stereocenters. The van der Waals surface area contributed by atoms with E-state index in [1.54, 1.807) is 0 Å². The summed E-state index contributed by atoms with van der Waals surface area (Å²) >= 11 is 0. The Labute approximate surface area is 114 Å². The van der Waals surface area contributed by atoms with Crippen molar-refractivity contribution in [3.05, 3.63) is 29.8 Å². The maximum atomic E-state index is 12.0. The Morgan fingerprint density at radius 2 is 2.16 bits per heavy atom. The summed E-state index contributed by atoms with van der Waals surface area (Å²) in [5.41, 5.74) is 7.63. The van der Waals surface area contributed by atoms with E-state index in [9.17, 15) is 4.79 Å². The summed E-state index contributed by atoms with van der Waals surface area (Å²) in [7, 11) is 0. The van der Waals surface area contributed by atoms with Crippen molar-refractivity contribution in [1.29, 1.82) is 0 Å². The van der Waals surface area contributed by atoms with Gasteiger partial charge >= 0.3 is 0 Å². The first kappa shape index (κ1) is 14.0. The van der Waals surface area contributed by atoms with Gasteiger partial charge < -0.3 is 15.8 Å². The van der Waals surface area contributed by atoms with E-state index < -0.39 is 0 Å². The lowest BCUT2D eigenvalue weighted by molar-refractivity contribution is -0.118. The highest BCUT2D eigenvalue weighted by molar-refractivity contribution is 5.92. The standard InChI is InChI=1S/C15H22N2O2/c1-2-19-11-12-6-3-4-7-13(12)17-14(18)10-15(16)8-5-9-15/h3-4,6-7H,2,5,8-11,16H2,1H3,(H,17,18). The quantitative estimate of drug-likeness (QED) is 0.827. The predicted octanol–water partition coefficient (Wildman–Crippen LogP) is 2.43. The zero-order valence-corrected chi connectivity index (χ0v) is 11.4. The molecule has 1 aromatic rings. The topological polar surface area (TPSA) is 64.3 Å². The van der Waals surface area contributed by atoms with Crippen molar-refractivity contribution in [2.24, 2.45) is 5.73 Å². The molecule has 0 aliphatic heterocycles. The molecular formula is C15H22N2O2. The van der Waals surface area contributed by atoms with E-state index in [2.05, 4.69) is 5.32 Å². The minimum atomic E-state index is -0.279. The number of anilines is 1. The van der Waals surface area contributed by atoms with Gasteiger partial charge in [0.05, 0.1) is 6.61 Å². The van der Waals surface area contributed by atoms with Crippen LogP contribution in [0.4, 0.5) is 5.69 Å². The molecule has 19 heavy (non-hydrogen) atoms. The van der Waals surface area contributed by atoms with Crippen LogP contribution in [-0.4, -0.2) is 18.1 Å². The minimum absolute atomic E-state index is 0.00820. The summed E-state index contributed by atoms with van der Waals surface area (Å²) in [4.78, 5) is 12.0. The van der Waals surface area contributed by atoms with Crippen molar-refractivity contribution in [3.8, 4) is 0 Å². The molecule has 1 saturated carbocycles. The second-order valence-electron chi connectivity index (χ2n) is 5.24. The normalized spacial score (nSPS) is 16.7. The molecular weight excluding hydrogens is 240 g/mol. The number of amides is 1. The van der Waals surface area contributed by atoms with Crippen LogP contribution >= 0.6 is 0 Å². The summed E-state index contributed by atoms with van der Waals surface area (Å²) in [6, 6.07) is 7.72. The van der Waals surface area contributed by atoms with Crippen LogP contribution < -0.4 is 11.1 Å². The van der Waals surface area contributed by atoms with Crippen LogP contribution in [0.3, 0.4) is 0 Å². The number of benzene rings is 1. The third-order valence-electron chi connectivity index (χ3n) is 3.62. The number of carbonyl (C=O) groups excluding carboxylic acids is 1. The van der Waals surface area contributed by atoms with Crippen LogP contribution in [0.1, 0.15) is 38.2 Å². The first-order chi connectivity index (χ1) is 9.13. The van der Waals surface area contributed by atoms with Gasteiger partial charge in [0.15, 0.2) is 0 Å². The second-order valence-corrected chi connectivity index (χ2v) is 5.24. The summed E-state index contributed by atoms with van der Waals surface area (Å²) in [5, 5.41) is 2.94. The van der Waals surface area contributed by atoms with E-state index >= 15 is 0 Å². The number of rotatable bonds is 6. The van der Waals surface area contributed by atoms with E-state index in [4.69, 9.17) is 10.5 Å². The number of hydrogen-bond donors (Lipinski definition) is 2. The van der Waals surface area contributed by atoms with Gasteiger partial charge in [-0.25, -0.2) is 0 Å². The van der Waals surface area contributed by atoms with E-state index in [1.807, 2.05) is 31.2 Å². The van der Waals surface area contributed by atoms with Crippen LogP contribution in [0.15, 0.2) is 24.3 Å². The Morgan fingerprint density at radius 1 is 1.42 bits per heavy atom. The van der Waals surface area contributed by atoms with Gasteiger partial charge in [0.2, 0.25) is 5.91 Å². The van der Waals surface area contributed by atoms with Gasteiger partial charge in [-0.05, 0) is 32.3 Å². The molecule has 1 aliphatic carbocycles. The van der Waals surface area contributed by atoms with Crippen molar-refractivity contribution in [1.82, 2.24) is 0 Å². The average Bonchev–Trinajstić information content (AvgIpc) is 2.36. The zero-order chi connectivity index (χ0) is 13.7. The number of para-hydroxylation sites is 1. The Hall–Kier alpha value is -1.39. The largest absolute Gasteiger partial charge is 0.377 e. The van der Waals surface area contributed by atoms with Crippen molar-refractivity contribution in [2.45, 2.75) is 44.8 Å². The van der Waals surface area contributed by atoms with E-state index in [1.165, 1.54) is 0 Å². The van der Waals surface area contributed by atoms with Gasteiger partial charge in [-0.15, -0.1) is 0 Å². The molecule has 4 heteroatoms. The van der Waals surface area contributed by atoms with Gasteiger partial charge in [0.25, 0.3) is 0 Å². The molecule has 1 fully saturated rings. The summed E-state index contributed by atoms with van der Waals surface area (Å²) < 4.78 is 5.40. The first-order valence-electron chi connectivity index (χ1n) is 6.87. The highest BCUT2D eigenvalue weighted by atomic mass is 16.5. The number of nitrogens with two attached hydrogens (primary N) is 1. The molecule has 1 aromatic carbocycles. The molecule has 2 rings (SSSR count). The van der Waals surface area contributed by atoms with Crippen LogP contribution in [0, 0.1) is 0 Å². The average molecular weight is 262 g/mol. The molecule has 104 valence electrons. The Balaban J connectivity index is 1.95. The fourth-order valence-electron chi connectivity index (χ4n) is 2.30. The van der Waals surface area contributed by atoms with Gasteiger partial charge in [-0.1, -0.05) is 18.2 Å². The van der Waals surface area contributed by atoms with Crippen molar-refractivity contribution in [2.75, 3.05) is 11.9 Å². The molecule has 0 radical (unpaired) electrons. The van der Waals surface area contributed by atoms with Crippen LogP contribution in [-0.2, 0) is 16.1 Å². The lowest BCUT2D eigenvalue weighted by Gasteiger charge is -2.37. The Kier molecular flexibility index (Phi) is 4.56. The summed E-state index contributed by atoms with van der Waals surface area (Å²) in [5.74, 6) is -0.00820. The SMILES string of the molecule is CCOCc1ccccc1NC(=O)CC1(N)CCC1. The number of carbonyl (C=O) groups is 1. The Bertz CT molecular complexity index is 442. The lowest BCUT2D eigenvalue weighted by Crippen LogP contribution is -2.48. The van der Waals surface area contributed by atoms with Gasteiger partial charge in [0.1, 0.15) is 0 Å². The molecule has 0 aromatic heterocycles. The third kappa shape index (κ3) is 3.78. The number of hydrogen-bond acceptors (Lipinski definition) is 3. The van der Waals surface area contributed by atoms with Crippen molar-refractivity contribution >= 4 is 11.6 Å². The summed E-state index contributed by atoms with van der Waals surface area (Å²) in [6.45, 7) is 3.13. The van der Waals surface area contributed by atoms with Gasteiger partial charge in [-0.3, -0.25) is 4.79 Å². The van der Waals surface area contributed by atoms with Crippen molar-refractivity contribution < 1.29 is 9.53 Å². The highest BCUT2D eigenvalue weighted by Crippen LogP contribution is 2.32. The van der Waals surface area contributed by atoms with Crippen LogP contribution in [0.5, 0.6) is 0 Å². The maximum Gasteiger partial charge on any atom is 0.226 e. The zero-order valence-electron chi connectivity index (χ0n) is 11.4. The Morgan fingerprint density at radius 3 is 2.79 bits per heavy atom. The van der Waals surface area contributed by atoms with Crippen LogP contribution in [0.25, 0.3) is 0 Å². The monoisotopic (exact) mass is 262 g/mol. The molecule has 0 spiro atoms. The molecule has 1 aliphatic rings. The maximum absolute atomic E-state index is 12.0. The minimum Gasteiger partial charge on any atom is -0.377 e. The van der Waals surface area contributed by atoms with E-state index in [0.29, 0.717) is 19.6 Å². The number of nitrogens with one attached hydrogen (secondary N) is 1. The molecule has 0 unspecified atom stereocenters. The van der Waals surface area contributed by atoms with Gasteiger partial charge in [-0.2, -0.15) is 0 Å². The number of ether oxygens (including phenoxy) is 1. The molecule has 0 heterocycles. The summed E-state index contributed by atoms with van der Waals surface area (Å²) in [6.07, 6.45) is 3.42. The molecule has 4 nitrogen and oxygen atoms in total. The lowest BCUT2D eigenvalue weighted by atomic mass is 9.75. The molecule has 0 bridgehead atoms. The van der Waals surface area contributed by atoms with E-state index in [-0.39, 0.29) is 11.4 Å². The molecule has 0 saturated heterocycles. The van der Waals surface area contributed by atoms with E-state index in [0.717, 1.165) is 30.5 Å². The second kappa shape index (κ2) is 6.17. The first-order valence-corrected chi connectivity index (χ1v) is 6.87. The smallest absolute Gasteiger partial charge is 0.226 e. The highest BCUT2D eigenvalue weighted by Gasteiger charge is 2.34. The van der Waals surface area contributed by atoms with Crippen molar-refractivity contribution in [3.63, 3.8) is 0 Å². The fourth-order valence-corrected chi connectivity index (χ4v) is 2.30. The van der Waals surface area contributed by atoms with Gasteiger partial charge in [0, 0.05) is 29.8 Å². The fraction of sp³-hybridized carbons (Fsp3) is 0.533. The molecule has 1 amide bonds. The van der Waals surface area contributed by atoms with Crippen LogP contribution in [0.2, 0.25) is 0 Å². The molecule has 3 N–H and O–H groups in total. The third-order valence-corrected chi connectivity index (χ3v) is 3.62.